The summed E-state index contributed by atoms with van der Waals surface area (Å²) in [6.45, 7) is 1.02. The molecule has 1 aliphatic heterocycles. The first-order chi connectivity index (χ1) is 17.9. The fourth-order valence-corrected chi connectivity index (χ4v) is 5.86. The second-order valence-electron chi connectivity index (χ2n) is 10.1. The van der Waals surface area contributed by atoms with Gasteiger partial charge in [-0.2, -0.15) is 26.3 Å². The van der Waals surface area contributed by atoms with E-state index in [1.165, 1.54) is 0 Å². The van der Waals surface area contributed by atoms with Gasteiger partial charge in [0.1, 0.15) is 5.78 Å². The Labute approximate surface area is 217 Å². The van der Waals surface area contributed by atoms with E-state index in [2.05, 4.69) is 10.2 Å². The number of nitrogens with one attached hydrogen (secondary N) is 1. The molecule has 1 amide bonds. The zero-order valence-electron chi connectivity index (χ0n) is 20.8. The van der Waals surface area contributed by atoms with Crippen molar-refractivity contribution < 1.29 is 35.9 Å². The van der Waals surface area contributed by atoms with Crippen molar-refractivity contribution in [2.24, 2.45) is 0 Å². The molecule has 2 aliphatic rings. The largest absolute Gasteiger partial charge is 0.416 e. The van der Waals surface area contributed by atoms with E-state index in [1.54, 1.807) is 0 Å². The number of hydrogen-bond donors (Lipinski definition) is 1. The van der Waals surface area contributed by atoms with Crippen LogP contribution in [-0.2, 0) is 33.8 Å². The van der Waals surface area contributed by atoms with Crippen LogP contribution in [0.15, 0.2) is 48.5 Å². The third-order valence-electron chi connectivity index (χ3n) is 7.89. The van der Waals surface area contributed by atoms with Gasteiger partial charge in [0.05, 0.1) is 16.5 Å². The molecule has 38 heavy (non-hydrogen) atoms. The van der Waals surface area contributed by atoms with E-state index in [4.69, 9.17) is 0 Å². The fourth-order valence-electron chi connectivity index (χ4n) is 5.86. The Morgan fingerprint density at radius 3 is 1.95 bits per heavy atom. The third kappa shape index (κ3) is 6.06. The van der Waals surface area contributed by atoms with Crippen molar-refractivity contribution in [3.63, 3.8) is 0 Å². The Bertz CT molecular complexity index is 1100. The third-order valence-corrected chi connectivity index (χ3v) is 7.89. The number of halogens is 6. The van der Waals surface area contributed by atoms with Crippen molar-refractivity contribution >= 4 is 11.7 Å². The number of hydrogen-bond acceptors (Lipinski definition) is 3. The van der Waals surface area contributed by atoms with Gasteiger partial charge in [-0.3, -0.25) is 14.5 Å². The number of amides is 1. The molecule has 206 valence electrons. The van der Waals surface area contributed by atoms with Crippen LogP contribution >= 0.6 is 0 Å². The first-order valence-electron chi connectivity index (χ1n) is 12.8. The SMILES string of the molecule is O=C1CCN(C2CCC(C(=O)NCCc3c(C(F)(F)F)cccc3C(F)(F)F)(c3ccccc3)CC2)CC1. The molecule has 1 saturated heterocycles. The van der Waals surface area contributed by atoms with E-state index in [-0.39, 0.29) is 18.4 Å². The summed E-state index contributed by atoms with van der Waals surface area (Å²) in [5, 5.41) is 2.67. The van der Waals surface area contributed by atoms with Gasteiger partial charge in [-0.1, -0.05) is 36.4 Å². The molecular formula is C28H30F6N2O2. The first kappa shape index (κ1) is 28.1. The van der Waals surface area contributed by atoms with Crippen molar-refractivity contribution in [3.8, 4) is 0 Å². The second kappa shape index (κ2) is 11.1. The number of rotatable bonds is 6. The van der Waals surface area contributed by atoms with E-state index in [1.807, 2.05) is 30.3 Å². The number of alkyl halides is 6. The van der Waals surface area contributed by atoms with Crippen LogP contribution in [0.2, 0.25) is 0 Å². The second-order valence-corrected chi connectivity index (χ2v) is 10.1. The quantitative estimate of drug-likeness (QED) is 0.463. The smallest absolute Gasteiger partial charge is 0.355 e. The zero-order valence-corrected chi connectivity index (χ0v) is 20.8. The van der Waals surface area contributed by atoms with Crippen LogP contribution in [0.3, 0.4) is 0 Å². The van der Waals surface area contributed by atoms with Gasteiger partial charge in [-0.15, -0.1) is 0 Å². The molecule has 2 aromatic rings. The van der Waals surface area contributed by atoms with Crippen molar-refractivity contribution in [3.05, 3.63) is 70.8 Å². The van der Waals surface area contributed by atoms with Gasteiger partial charge in [0.2, 0.25) is 5.91 Å². The maximum absolute atomic E-state index is 13.6. The van der Waals surface area contributed by atoms with Crippen LogP contribution in [0.25, 0.3) is 0 Å². The lowest BCUT2D eigenvalue weighted by atomic mass is 9.67. The van der Waals surface area contributed by atoms with E-state index in [0.717, 1.165) is 11.6 Å². The number of Topliss-reactive ketones (excluding diaryl/α,β-unsaturated/α-hetero) is 1. The molecule has 2 aromatic carbocycles. The van der Waals surface area contributed by atoms with Crippen molar-refractivity contribution in [1.82, 2.24) is 10.2 Å². The van der Waals surface area contributed by atoms with Crippen LogP contribution in [-0.4, -0.2) is 42.3 Å². The summed E-state index contributed by atoms with van der Waals surface area (Å²) in [7, 11) is 0. The summed E-state index contributed by atoms with van der Waals surface area (Å²) >= 11 is 0. The number of nitrogens with zero attached hydrogens (tertiary/aromatic N) is 1. The zero-order chi connectivity index (χ0) is 27.6. The van der Waals surface area contributed by atoms with Gasteiger partial charge >= 0.3 is 12.4 Å². The van der Waals surface area contributed by atoms with Gasteiger partial charge in [0.15, 0.2) is 0 Å². The standard InChI is InChI=1S/C28H30F6N2O2/c29-27(30,31)23-7-4-8-24(28(32,33)34)22(23)11-16-35-25(38)26(19-5-2-1-3-6-19)14-9-20(10-15-26)36-17-12-21(37)13-18-36/h1-8,20H,9-18H2,(H,35,38). The molecule has 4 rings (SSSR count). The highest BCUT2D eigenvalue weighted by Crippen LogP contribution is 2.42. The molecule has 4 nitrogen and oxygen atoms in total. The minimum absolute atomic E-state index is 0.223. The topological polar surface area (TPSA) is 49.4 Å². The van der Waals surface area contributed by atoms with Gasteiger partial charge in [0, 0.05) is 38.5 Å². The fraction of sp³-hybridized carbons (Fsp3) is 0.500. The van der Waals surface area contributed by atoms with Crippen LogP contribution in [0.4, 0.5) is 26.3 Å². The Morgan fingerprint density at radius 1 is 0.868 bits per heavy atom. The van der Waals surface area contributed by atoms with Crippen molar-refractivity contribution in [1.29, 1.82) is 0 Å². The number of ketones is 1. The Morgan fingerprint density at radius 2 is 1.42 bits per heavy atom. The molecule has 0 unspecified atom stereocenters. The minimum Gasteiger partial charge on any atom is -0.355 e. The number of carbonyl (C=O) groups excluding carboxylic acids is 2. The monoisotopic (exact) mass is 540 g/mol. The Hall–Kier alpha value is -2.88. The molecule has 0 aromatic heterocycles. The number of carbonyl (C=O) groups is 2. The lowest BCUT2D eigenvalue weighted by Crippen LogP contribution is -2.51. The Balaban J connectivity index is 1.51. The highest BCUT2D eigenvalue weighted by molar-refractivity contribution is 5.88. The summed E-state index contributed by atoms with van der Waals surface area (Å²) < 4.78 is 81.1. The molecule has 1 aliphatic carbocycles. The maximum atomic E-state index is 13.6. The van der Waals surface area contributed by atoms with Gasteiger partial charge in [0.25, 0.3) is 0 Å². The summed E-state index contributed by atoms with van der Waals surface area (Å²) in [5.74, 6) is -0.148. The average molecular weight is 541 g/mol. The highest BCUT2D eigenvalue weighted by Gasteiger charge is 2.45. The minimum atomic E-state index is -4.96. The lowest BCUT2D eigenvalue weighted by molar-refractivity contribution is -0.144. The molecule has 0 radical (unpaired) electrons. The van der Waals surface area contributed by atoms with Crippen molar-refractivity contribution in [2.45, 2.75) is 68.8 Å². The van der Waals surface area contributed by atoms with Gasteiger partial charge < -0.3 is 5.32 Å². The predicted octanol–water partition coefficient (Wildman–Crippen LogP) is 5.93. The number of likely N-dealkylation sites (tertiary alicyclic amines) is 1. The van der Waals surface area contributed by atoms with Gasteiger partial charge in [-0.25, -0.2) is 0 Å². The summed E-state index contributed by atoms with van der Waals surface area (Å²) in [5.41, 5.74) is -3.72. The van der Waals surface area contributed by atoms with Crippen LogP contribution in [0.1, 0.15) is 60.8 Å². The molecule has 10 heteroatoms. The van der Waals surface area contributed by atoms with Crippen LogP contribution in [0, 0.1) is 0 Å². The predicted molar refractivity (Wildman–Crippen MR) is 129 cm³/mol. The van der Waals surface area contributed by atoms with E-state index >= 15 is 0 Å². The molecule has 1 heterocycles. The molecule has 1 N–H and O–H groups in total. The van der Waals surface area contributed by atoms with Crippen LogP contribution in [0.5, 0.6) is 0 Å². The maximum Gasteiger partial charge on any atom is 0.416 e. The molecule has 0 bridgehead atoms. The molecule has 1 saturated carbocycles. The molecule has 2 fully saturated rings. The van der Waals surface area contributed by atoms with Crippen molar-refractivity contribution in [2.75, 3.05) is 19.6 Å². The van der Waals surface area contributed by atoms with E-state index in [9.17, 15) is 35.9 Å². The highest BCUT2D eigenvalue weighted by atomic mass is 19.4. The van der Waals surface area contributed by atoms with Crippen LogP contribution < -0.4 is 5.32 Å². The Kier molecular flexibility index (Phi) is 8.20. The molecule has 0 atom stereocenters. The normalized spacial score (nSPS) is 23.3. The first-order valence-corrected chi connectivity index (χ1v) is 12.8. The van der Waals surface area contributed by atoms with Gasteiger partial charge in [-0.05, 0) is 55.4 Å². The van der Waals surface area contributed by atoms with E-state index < -0.39 is 46.8 Å². The summed E-state index contributed by atoms with van der Waals surface area (Å²) in [6.07, 6.45) is -7.11. The molecule has 0 spiro atoms. The number of piperidine rings is 1. The summed E-state index contributed by atoms with van der Waals surface area (Å²) in [6, 6.07) is 11.3. The molecular weight excluding hydrogens is 510 g/mol. The number of benzene rings is 2. The lowest BCUT2D eigenvalue weighted by Gasteiger charge is -2.44. The average Bonchev–Trinajstić information content (AvgIpc) is 2.88. The van der Waals surface area contributed by atoms with E-state index in [0.29, 0.717) is 63.7 Å². The summed E-state index contributed by atoms with van der Waals surface area (Å²) in [4.78, 5) is 27.5.